The van der Waals surface area contributed by atoms with E-state index in [1.54, 1.807) is 18.3 Å². The number of amides is 1. The fraction of sp³-hybridized carbons (Fsp3) is 0.238. The molecule has 0 fully saturated rings. The monoisotopic (exact) mass is 413 g/mol. The topological polar surface area (TPSA) is 108 Å². The molecule has 3 N–H and O–H groups in total. The lowest BCUT2D eigenvalue weighted by atomic mass is 9.96. The van der Waals surface area contributed by atoms with Crippen molar-refractivity contribution in [3.05, 3.63) is 71.8 Å². The van der Waals surface area contributed by atoms with Crippen LogP contribution in [0.25, 0.3) is 0 Å². The summed E-state index contributed by atoms with van der Waals surface area (Å²) in [6.45, 7) is 0.117. The Balaban J connectivity index is 1.68. The number of carbonyl (C=O) groups is 1. The highest BCUT2D eigenvalue weighted by atomic mass is 32.2. The van der Waals surface area contributed by atoms with Gasteiger partial charge in [0.1, 0.15) is 5.75 Å². The van der Waals surface area contributed by atoms with E-state index in [0.29, 0.717) is 0 Å². The summed E-state index contributed by atoms with van der Waals surface area (Å²) in [6, 6.07) is 12.6. The Kier molecular flexibility index (Phi) is 6.79. The average molecular weight is 413 g/mol. The third-order valence-corrected chi connectivity index (χ3v) is 5.99. The molecule has 0 aromatic heterocycles. The van der Waals surface area contributed by atoms with Gasteiger partial charge in [0.25, 0.3) is 5.91 Å². The predicted octanol–water partition coefficient (Wildman–Crippen LogP) is 2.94. The van der Waals surface area contributed by atoms with Gasteiger partial charge in [0, 0.05) is 12.8 Å². The van der Waals surface area contributed by atoms with Crippen LogP contribution in [-0.2, 0) is 16.6 Å². The summed E-state index contributed by atoms with van der Waals surface area (Å²) in [5.41, 5.74) is 3.00. The number of hydrogen-bond acceptors (Lipinski definition) is 5. The molecule has 0 spiro atoms. The molecule has 29 heavy (non-hydrogen) atoms. The molecule has 2 aromatic carbocycles. The maximum Gasteiger partial charge on any atom is 0.275 e. The van der Waals surface area contributed by atoms with Crippen LogP contribution in [0.4, 0.5) is 0 Å². The molecule has 152 valence electrons. The van der Waals surface area contributed by atoms with E-state index in [-0.39, 0.29) is 28.7 Å². The molecule has 0 saturated carbocycles. The minimum Gasteiger partial charge on any atom is -0.507 e. The first-order valence-electron chi connectivity index (χ1n) is 9.31. The van der Waals surface area contributed by atoms with Crippen LogP contribution in [0.5, 0.6) is 5.75 Å². The number of carbonyl (C=O) groups excluding carboxylic acids is 1. The molecule has 0 saturated heterocycles. The molecular formula is C21H23N3O4S. The van der Waals surface area contributed by atoms with Gasteiger partial charge in [-0.3, -0.25) is 4.79 Å². The summed E-state index contributed by atoms with van der Waals surface area (Å²) >= 11 is 0. The van der Waals surface area contributed by atoms with Gasteiger partial charge in [0.15, 0.2) is 0 Å². The molecule has 1 amide bonds. The van der Waals surface area contributed by atoms with Crippen molar-refractivity contribution in [3.8, 4) is 5.75 Å². The number of aromatic hydroxyl groups is 1. The van der Waals surface area contributed by atoms with E-state index < -0.39 is 15.9 Å². The quantitative estimate of drug-likeness (QED) is 0.368. The molecule has 1 aliphatic rings. The second-order valence-corrected chi connectivity index (χ2v) is 8.52. The van der Waals surface area contributed by atoms with Crippen LogP contribution in [0.15, 0.2) is 70.7 Å². The van der Waals surface area contributed by atoms with Crippen LogP contribution in [0, 0.1) is 5.92 Å². The Hall–Kier alpha value is -2.97. The van der Waals surface area contributed by atoms with E-state index in [9.17, 15) is 18.3 Å². The van der Waals surface area contributed by atoms with Crippen molar-refractivity contribution in [1.29, 1.82) is 0 Å². The molecule has 0 bridgehead atoms. The molecule has 7 nitrogen and oxygen atoms in total. The van der Waals surface area contributed by atoms with Gasteiger partial charge < -0.3 is 5.11 Å². The van der Waals surface area contributed by atoms with Gasteiger partial charge in [-0.05, 0) is 48.9 Å². The second kappa shape index (κ2) is 9.49. The number of phenols is 1. The summed E-state index contributed by atoms with van der Waals surface area (Å²) in [5, 5.41) is 13.9. The molecule has 1 atom stereocenters. The Morgan fingerprint density at radius 3 is 2.69 bits per heavy atom. The van der Waals surface area contributed by atoms with Gasteiger partial charge in [-0.15, -0.1) is 0 Å². The highest BCUT2D eigenvalue weighted by Gasteiger charge is 2.19. The van der Waals surface area contributed by atoms with Crippen LogP contribution in [-0.4, -0.2) is 25.6 Å². The fourth-order valence-corrected chi connectivity index (χ4v) is 3.98. The van der Waals surface area contributed by atoms with Crippen molar-refractivity contribution in [3.63, 3.8) is 0 Å². The number of hydrogen-bond donors (Lipinski definition) is 3. The largest absolute Gasteiger partial charge is 0.507 e. The first-order chi connectivity index (χ1) is 14.0. The number of sulfonamides is 1. The Morgan fingerprint density at radius 1 is 1.17 bits per heavy atom. The van der Waals surface area contributed by atoms with Crippen LogP contribution in [0.3, 0.4) is 0 Å². The lowest BCUT2D eigenvalue weighted by Crippen LogP contribution is -2.24. The normalized spacial score (nSPS) is 16.8. The van der Waals surface area contributed by atoms with Gasteiger partial charge in [-0.1, -0.05) is 42.5 Å². The zero-order valence-corrected chi connectivity index (χ0v) is 16.6. The van der Waals surface area contributed by atoms with Gasteiger partial charge in [0.05, 0.1) is 10.5 Å². The molecule has 1 aliphatic carbocycles. The SMILES string of the molecule is O=C(N/N=C\[C@H]1CC=CCC1)c1cc(S(=O)(=O)NCc2ccccc2)ccc1O. The molecule has 8 heteroatoms. The number of nitrogens with one attached hydrogen (secondary N) is 2. The standard InChI is InChI=1S/C21H23N3O4S/c25-20-12-11-18(29(27,28)23-15-17-9-5-2-6-10-17)13-19(20)21(26)24-22-14-16-7-3-1-4-8-16/h1-3,5-6,9-14,16,23,25H,4,7-8,15H2,(H,24,26)/b22-14-/t16-/m0/s1. The molecular weight excluding hydrogens is 390 g/mol. The first kappa shape index (κ1) is 20.8. The molecule has 0 heterocycles. The third-order valence-electron chi connectivity index (χ3n) is 4.59. The minimum absolute atomic E-state index is 0.113. The average Bonchev–Trinajstić information content (AvgIpc) is 2.74. The zero-order valence-electron chi connectivity index (χ0n) is 15.8. The van der Waals surface area contributed by atoms with E-state index in [2.05, 4.69) is 27.4 Å². The number of nitrogens with zero attached hydrogens (tertiary/aromatic N) is 1. The Morgan fingerprint density at radius 2 is 1.97 bits per heavy atom. The molecule has 0 aliphatic heterocycles. The Bertz CT molecular complexity index is 1020. The lowest BCUT2D eigenvalue weighted by molar-refractivity contribution is 0.0952. The minimum atomic E-state index is -3.86. The number of allylic oxidation sites excluding steroid dienone is 2. The van der Waals surface area contributed by atoms with Crippen molar-refractivity contribution in [2.45, 2.75) is 30.7 Å². The van der Waals surface area contributed by atoms with E-state index in [4.69, 9.17) is 0 Å². The Labute approximate surface area is 170 Å². The smallest absolute Gasteiger partial charge is 0.275 e. The summed E-state index contributed by atoms with van der Waals surface area (Å²) in [5.74, 6) is -0.742. The van der Waals surface area contributed by atoms with Crippen LogP contribution in [0.2, 0.25) is 0 Å². The second-order valence-electron chi connectivity index (χ2n) is 6.75. The van der Waals surface area contributed by atoms with Gasteiger partial charge >= 0.3 is 0 Å². The molecule has 0 unspecified atom stereocenters. The van der Waals surface area contributed by atoms with Gasteiger partial charge in [0.2, 0.25) is 10.0 Å². The van der Waals surface area contributed by atoms with Crippen molar-refractivity contribution in [1.82, 2.24) is 10.1 Å². The number of rotatable bonds is 7. The summed E-state index contributed by atoms with van der Waals surface area (Å²) in [4.78, 5) is 12.2. The summed E-state index contributed by atoms with van der Waals surface area (Å²) < 4.78 is 27.6. The van der Waals surface area contributed by atoms with E-state index in [1.807, 2.05) is 18.2 Å². The molecule has 3 rings (SSSR count). The van der Waals surface area contributed by atoms with Crippen molar-refractivity contribution in [2.24, 2.45) is 11.0 Å². The van der Waals surface area contributed by atoms with Crippen molar-refractivity contribution < 1.29 is 18.3 Å². The highest BCUT2D eigenvalue weighted by molar-refractivity contribution is 7.89. The summed E-state index contributed by atoms with van der Waals surface area (Å²) in [6.07, 6.45) is 8.65. The van der Waals surface area contributed by atoms with E-state index in [1.165, 1.54) is 12.1 Å². The van der Waals surface area contributed by atoms with Crippen molar-refractivity contribution >= 4 is 22.1 Å². The van der Waals surface area contributed by atoms with Crippen molar-refractivity contribution in [2.75, 3.05) is 0 Å². The van der Waals surface area contributed by atoms with Gasteiger partial charge in [-0.2, -0.15) is 5.10 Å². The van der Waals surface area contributed by atoms with Crippen LogP contribution < -0.4 is 10.1 Å². The number of hydrazone groups is 1. The zero-order chi connectivity index (χ0) is 20.7. The number of benzene rings is 2. The summed E-state index contributed by atoms with van der Waals surface area (Å²) in [7, 11) is -3.86. The first-order valence-corrected chi connectivity index (χ1v) is 10.8. The lowest BCUT2D eigenvalue weighted by Gasteiger charge is -2.12. The molecule has 0 radical (unpaired) electrons. The third kappa shape index (κ3) is 5.75. The maximum atomic E-state index is 12.6. The maximum absolute atomic E-state index is 12.6. The fourth-order valence-electron chi connectivity index (χ4n) is 2.94. The predicted molar refractivity (Wildman–Crippen MR) is 111 cm³/mol. The van der Waals surface area contributed by atoms with E-state index in [0.717, 1.165) is 30.9 Å². The van der Waals surface area contributed by atoms with E-state index >= 15 is 0 Å². The van der Waals surface area contributed by atoms with Crippen LogP contribution >= 0.6 is 0 Å². The number of phenolic OH excluding ortho intramolecular Hbond substituents is 1. The molecule has 2 aromatic rings. The highest BCUT2D eigenvalue weighted by Crippen LogP contribution is 2.22. The van der Waals surface area contributed by atoms with Crippen LogP contribution in [0.1, 0.15) is 35.2 Å². The van der Waals surface area contributed by atoms with Gasteiger partial charge in [-0.25, -0.2) is 18.6 Å².